The van der Waals surface area contributed by atoms with Gasteiger partial charge in [0, 0.05) is 16.5 Å². The molecule has 2 heterocycles. The molecular formula is C22H17N3O4S. The lowest BCUT2D eigenvalue weighted by molar-refractivity contribution is -0.114. The van der Waals surface area contributed by atoms with Gasteiger partial charge >= 0.3 is 5.97 Å². The van der Waals surface area contributed by atoms with Crippen LogP contribution in [0.2, 0.25) is 0 Å². The first-order valence-electron chi connectivity index (χ1n) is 9.19. The van der Waals surface area contributed by atoms with Crippen LogP contribution in [-0.4, -0.2) is 28.6 Å². The normalized spacial score (nSPS) is 13.9. The third-order valence-electron chi connectivity index (χ3n) is 4.29. The van der Waals surface area contributed by atoms with Crippen LogP contribution in [0.1, 0.15) is 22.2 Å². The van der Waals surface area contributed by atoms with E-state index in [1.165, 1.54) is 11.3 Å². The summed E-state index contributed by atoms with van der Waals surface area (Å²) in [6, 6.07) is 14.1. The van der Waals surface area contributed by atoms with Crippen molar-refractivity contribution < 1.29 is 19.4 Å². The highest BCUT2D eigenvalue weighted by molar-refractivity contribution is 7.16. The molecule has 0 saturated heterocycles. The molecule has 4 rings (SSSR count). The first kappa shape index (κ1) is 19.5. The maximum Gasteiger partial charge on any atom is 0.338 e. The van der Waals surface area contributed by atoms with E-state index in [0.717, 1.165) is 5.22 Å². The highest BCUT2D eigenvalue weighted by Gasteiger charge is 2.15. The number of nitrogens with zero attached hydrogens (tertiary/aromatic N) is 2. The number of hydrogen-bond donors (Lipinski definition) is 2. The second-order valence-electron chi connectivity index (χ2n) is 6.35. The summed E-state index contributed by atoms with van der Waals surface area (Å²) in [5, 5.41) is 15.2. The van der Waals surface area contributed by atoms with Gasteiger partial charge in [0.25, 0.3) is 5.91 Å². The standard InChI is InChI=1S/C22H17N3O4S/c1-2-29-21(28)13-7-9-16(10-8-13)23-22-25-20(27)18(30-22)12-15-11-14-5-3-4-6-17(14)24-19(15)26/h3-12,27H,2H2,1H3,(H,23,25)/b15-12+. The van der Waals surface area contributed by atoms with E-state index in [1.54, 1.807) is 49.4 Å². The van der Waals surface area contributed by atoms with Gasteiger partial charge in [0.1, 0.15) is 0 Å². The van der Waals surface area contributed by atoms with Crippen molar-refractivity contribution in [2.24, 2.45) is 4.99 Å². The van der Waals surface area contributed by atoms with Crippen LogP contribution in [0.3, 0.4) is 0 Å². The number of benzene rings is 2. The zero-order valence-corrected chi connectivity index (χ0v) is 16.8. The zero-order valence-electron chi connectivity index (χ0n) is 16.0. The molecule has 7 nitrogen and oxygen atoms in total. The maximum absolute atomic E-state index is 12.3. The van der Waals surface area contributed by atoms with Gasteiger partial charge in [-0.05, 0) is 49.4 Å². The number of nitrogens with one attached hydrogen (secondary N) is 1. The number of para-hydroxylation sites is 1. The molecule has 1 aliphatic heterocycles. The summed E-state index contributed by atoms with van der Waals surface area (Å²) in [5.41, 5.74) is 1.52. The fourth-order valence-corrected chi connectivity index (χ4v) is 3.69. The molecule has 0 atom stereocenters. The van der Waals surface area contributed by atoms with Gasteiger partial charge in [-0.15, -0.1) is 0 Å². The highest BCUT2D eigenvalue weighted by atomic mass is 32.1. The van der Waals surface area contributed by atoms with E-state index in [4.69, 9.17) is 4.74 Å². The lowest BCUT2D eigenvalue weighted by Gasteiger charge is -2.04. The van der Waals surface area contributed by atoms with Gasteiger partial charge in [0.2, 0.25) is 5.88 Å². The number of fused-ring (bicyclic) bond motifs is 1. The van der Waals surface area contributed by atoms with E-state index in [1.807, 2.05) is 18.2 Å². The molecule has 2 aromatic carbocycles. The monoisotopic (exact) mass is 419 g/mol. The Kier molecular flexibility index (Phi) is 5.40. The van der Waals surface area contributed by atoms with Gasteiger partial charge in [-0.3, -0.25) is 4.79 Å². The molecule has 0 radical (unpaired) electrons. The summed E-state index contributed by atoms with van der Waals surface area (Å²) >= 11 is 1.20. The Balaban J connectivity index is 1.55. The van der Waals surface area contributed by atoms with E-state index in [0.29, 0.717) is 38.8 Å². The maximum atomic E-state index is 12.3. The summed E-state index contributed by atoms with van der Waals surface area (Å²) in [7, 11) is 0. The summed E-state index contributed by atoms with van der Waals surface area (Å²) < 4.78 is 4.96. The highest BCUT2D eigenvalue weighted by Crippen LogP contribution is 2.32. The molecule has 0 bridgehead atoms. The van der Waals surface area contributed by atoms with E-state index < -0.39 is 0 Å². The van der Waals surface area contributed by atoms with Gasteiger partial charge < -0.3 is 15.2 Å². The number of esters is 1. The van der Waals surface area contributed by atoms with E-state index in [9.17, 15) is 14.7 Å². The van der Waals surface area contributed by atoms with E-state index >= 15 is 0 Å². The number of carbonyl (C=O) groups is 2. The second-order valence-corrected chi connectivity index (χ2v) is 7.38. The lowest BCUT2D eigenvalue weighted by Crippen LogP contribution is -2.29. The molecule has 1 amide bonds. The number of aromatic nitrogens is 1. The number of anilines is 2. The van der Waals surface area contributed by atoms with E-state index in [2.05, 4.69) is 15.3 Å². The fraction of sp³-hybridized carbons (Fsp3) is 0.0909. The fourth-order valence-electron chi connectivity index (χ4n) is 2.86. The van der Waals surface area contributed by atoms with Crippen LogP contribution in [-0.2, 0) is 9.53 Å². The smallest absolute Gasteiger partial charge is 0.338 e. The Labute approximate surface area is 175 Å². The molecule has 1 aromatic heterocycles. The van der Waals surface area contributed by atoms with E-state index in [-0.39, 0.29) is 17.8 Å². The minimum atomic E-state index is -0.384. The number of aromatic hydroxyl groups is 1. The molecule has 30 heavy (non-hydrogen) atoms. The number of hydrogen-bond acceptors (Lipinski definition) is 7. The Hall–Kier alpha value is -3.78. The number of rotatable bonds is 5. The number of thiazole rings is 1. The molecular weight excluding hydrogens is 402 g/mol. The van der Waals surface area contributed by atoms with Crippen molar-refractivity contribution in [3.8, 4) is 5.88 Å². The quantitative estimate of drug-likeness (QED) is 0.487. The molecule has 2 N–H and O–H groups in total. The van der Waals surface area contributed by atoms with Gasteiger partial charge in [0.15, 0.2) is 5.13 Å². The summed E-state index contributed by atoms with van der Waals surface area (Å²) in [5.74, 6) is -0.936. The minimum absolute atomic E-state index is 0.182. The predicted octanol–water partition coefficient (Wildman–Crippen LogP) is 2.79. The van der Waals surface area contributed by atoms with Crippen molar-refractivity contribution in [2.75, 3.05) is 11.9 Å². The van der Waals surface area contributed by atoms with Crippen molar-refractivity contribution in [1.29, 1.82) is 0 Å². The van der Waals surface area contributed by atoms with Crippen molar-refractivity contribution >= 4 is 46.2 Å². The Morgan fingerprint density at radius 3 is 2.73 bits per heavy atom. The minimum Gasteiger partial charge on any atom is -0.492 e. The number of amides is 1. The van der Waals surface area contributed by atoms with Crippen LogP contribution in [0.4, 0.5) is 10.8 Å². The topological polar surface area (TPSA) is 101 Å². The predicted molar refractivity (Wildman–Crippen MR) is 114 cm³/mol. The van der Waals surface area contributed by atoms with Crippen LogP contribution in [0, 0.1) is 0 Å². The SMILES string of the molecule is CCOC(=O)c1ccc(Nc2nc(O)c(/C=C3\C=c4ccccc4=NC3=O)s2)cc1. The summed E-state index contributed by atoms with van der Waals surface area (Å²) in [6.07, 6.45) is 3.31. The average molecular weight is 419 g/mol. The van der Waals surface area contributed by atoms with Crippen LogP contribution >= 0.6 is 11.3 Å². The van der Waals surface area contributed by atoms with Crippen molar-refractivity contribution in [2.45, 2.75) is 6.92 Å². The van der Waals surface area contributed by atoms with Gasteiger partial charge in [-0.1, -0.05) is 29.5 Å². The first-order chi connectivity index (χ1) is 14.5. The molecule has 8 heteroatoms. The van der Waals surface area contributed by atoms with Crippen LogP contribution < -0.4 is 15.9 Å². The lowest BCUT2D eigenvalue weighted by atomic mass is 10.1. The summed E-state index contributed by atoms with van der Waals surface area (Å²) in [6.45, 7) is 2.06. The zero-order chi connectivity index (χ0) is 21.1. The summed E-state index contributed by atoms with van der Waals surface area (Å²) in [4.78, 5) is 32.6. The molecule has 1 aliphatic rings. The average Bonchev–Trinajstić information content (AvgIpc) is 3.08. The molecule has 0 unspecified atom stereocenters. The van der Waals surface area contributed by atoms with Crippen molar-refractivity contribution in [3.63, 3.8) is 0 Å². The molecule has 0 fully saturated rings. The van der Waals surface area contributed by atoms with Gasteiger partial charge in [-0.25, -0.2) is 9.79 Å². The molecule has 0 aliphatic carbocycles. The Morgan fingerprint density at radius 1 is 1.20 bits per heavy atom. The first-order valence-corrected chi connectivity index (χ1v) is 10.0. The second kappa shape index (κ2) is 8.30. The van der Waals surface area contributed by atoms with Gasteiger partial charge in [0.05, 0.1) is 22.4 Å². The molecule has 3 aromatic rings. The van der Waals surface area contributed by atoms with Crippen LogP contribution in [0.15, 0.2) is 59.1 Å². The molecule has 0 spiro atoms. The number of ether oxygens (including phenoxy) is 1. The number of carbonyl (C=O) groups excluding carboxylic acids is 2. The van der Waals surface area contributed by atoms with Crippen molar-refractivity contribution in [3.05, 3.63) is 75.1 Å². The Morgan fingerprint density at radius 2 is 1.97 bits per heavy atom. The molecule has 0 saturated carbocycles. The third kappa shape index (κ3) is 4.13. The third-order valence-corrected chi connectivity index (χ3v) is 5.19. The van der Waals surface area contributed by atoms with Crippen LogP contribution in [0.5, 0.6) is 5.88 Å². The van der Waals surface area contributed by atoms with Crippen LogP contribution in [0.25, 0.3) is 12.2 Å². The largest absolute Gasteiger partial charge is 0.492 e. The van der Waals surface area contributed by atoms with Gasteiger partial charge in [-0.2, -0.15) is 4.98 Å². The molecule has 150 valence electrons. The van der Waals surface area contributed by atoms with Crippen molar-refractivity contribution in [1.82, 2.24) is 4.98 Å². The Bertz CT molecular complexity index is 1280.